The van der Waals surface area contributed by atoms with Gasteiger partial charge in [-0.2, -0.15) is 5.10 Å². The second-order valence-corrected chi connectivity index (χ2v) is 6.93. The topological polar surface area (TPSA) is 55.6 Å². The number of nitrogens with zero attached hydrogens (tertiary/aromatic N) is 4. The Labute approximate surface area is 134 Å². The molecule has 0 aromatic carbocycles. The molecular formula is C15H22BrN5. The van der Waals surface area contributed by atoms with Crippen molar-refractivity contribution in [3.63, 3.8) is 0 Å². The lowest BCUT2D eigenvalue weighted by Gasteiger charge is -2.17. The van der Waals surface area contributed by atoms with Crippen LogP contribution in [0.2, 0.25) is 0 Å². The highest BCUT2D eigenvalue weighted by molar-refractivity contribution is 9.10. The van der Waals surface area contributed by atoms with Crippen LogP contribution in [0.4, 0.5) is 5.82 Å². The van der Waals surface area contributed by atoms with E-state index >= 15 is 0 Å². The van der Waals surface area contributed by atoms with Crippen molar-refractivity contribution < 1.29 is 0 Å². The van der Waals surface area contributed by atoms with Crippen LogP contribution in [-0.2, 0) is 12.5 Å². The zero-order valence-electron chi connectivity index (χ0n) is 13.5. The summed E-state index contributed by atoms with van der Waals surface area (Å²) in [4.78, 5) is 9.28. The van der Waals surface area contributed by atoms with Gasteiger partial charge in [-0.1, -0.05) is 20.8 Å². The van der Waals surface area contributed by atoms with Crippen LogP contribution in [0.5, 0.6) is 0 Å². The molecule has 21 heavy (non-hydrogen) atoms. The van der Waals surface area contributed by atoms with Gasteiger partial charge in [0, 0.05) is 25.2 Å². The van der Waals surface area contributed by atoms with E-state index in [-0.39, 0.29) is 5.41 Å². The Morgan fingerprint density at radius 2 is 1.95 bits per heavy atom. The van der Waals surface area contributed by atoms with E-state index in [0.717, 1.165) is 33.8 Å². The lowest BCUT2D eigenvalue weighted by atomic mass is 9.89. The van der Waals surface area contributed by atoms with Crippen LogP contribution in [0.15, 0.2) is 10.7 Å². The van der Waals surface area contributed by atoms with E-state index in [0.29, 0.717) is 5.82 Å². The Morgan fingerprint density at radius 1 is 1.29 bits per heavy atom. The van der Waals surface area contributed by atoms with Gasteiger partial charge < -0.3 is 5.32 Å². The predicted molar refractivity (Wildman–Crippen MR) is 89.5 cm³/mol. The van der Waals surface area contributed by atoms with E-state index in [1.807, 2.05) is 31.8 Å². The lowest BCUT2D eigenvalue weighted by molar-refractivity contribution is 0.554. The smallest absolute Gasteiger partial charge is 0.165 e. The molecule has 0 aliphatic heterocycles. The molecule has 0 spiro atoms. The standard InChI is InChI=1S/C15H22BrN5/c1-7-17-14-11(16)9(2)18-13(19-14)10-8-21(6)20-12(10)15(3,4)5/h8H,7H2,1-6H3,(H,17,18,19). The number of anilines is 1. The first-order valence-electron chi connectivity index (χ1n) is 7.06. The van der Waals surface area contributed by atoms with E-state index in [2.05, 4.69) is 57.1 Å². The number of aromatic nitrogens is 4. The summed E-state index contributed by atoms with van der Waals surface area (Å²) in [6.45, 7) is 11.3. The number of halogens is 1. The van der Waals surface area contributed by atoms with Crippen molar-refractivity contribution in [2.45, 2.75) is 40.0 Å². The third-order valence-corrected chi connectivity index (χ3v) is 4.09. The fourth-order valence-corrected chi connectivity index (χ4v) is 2.49. The maximum atomic E-state index is 4.66. The minimum atomic E-state index is -0.0563. The van der Waals surface area contributed by atoms with E-state index < -0.39 is 0 Å². The average Bonchev–Trinajstić information content (AvgIpc) is 2.77. The van der Waals surface area contributed by atoms with Crippen molar-refractivity contribution in [2.75, 3.05) is 11.9 Å². The van der Waals surface area contributed by atoms with Gasteiger partial charge in [0.05, 0.1) is 21.4 Å². The summed E-state index contributed by atoms with van der Waals surface area (Å²) < 4.78 is 2.73. The molecule has 1 N–H and O–H groups in total. The largest absolute Gasteiger partial charge is 0.369 e. The molecule has 0 radical (unpaired) electrons. The quantitative estimate of drug-likeness (QED) is 0.916. The van der Waals surface area contributed by atoms with E-state index in [4.69, 9.17) is 0 Å². The first-order chi connectivity index (χ1) is 9.74. The number of hydrogen-bond acceptors (Lipinski definition) is 4. The molecule has 2 aromatic heterocycles. The normalized spacial score (nSPS) is 11.8. The molecule has 0 atom stereocenters. The Hall–Kier alpha value is -1.43. The summed E-state index contributed by atoms with van der Waals surface area (Å²) in [7, 11) is 1.93. The van der Waals surface area contributed by atoms with Gasteiger partial charge in [0.2, 0.25) is 0 Å². The highest BCUT2D eigenvalue weighted by Crippen LogP contribution is 2.32. The molecule has 0 aliphatic carbocycles. The Morgan fingerprint density at radius 3 is 2.52 bits per heavy atom. The Balaban J connectivity index is 2.62. The van der Waals surface area contributed by atoms with Crippen LogP contribution in [0, 0.1) is 6.92 Å². The summed E-state index contributed by atoms with van der Waals surface area (Å²) in [5.41, 5.74) is 2.85. The van der Waals surface area contributed by atoms with Gasteiger partial charge in [0.15, 0.2) is 5.82 Å². The van der Waals surface area contributed by atoms with Crippen LogP contribution in [0.1, 0.15) is 39.1 Å². The van der Waals surface area contributed by atoms with Gasteiger partial charge in [0.25, 0.3) is 0 Å². The molecule has 0 unspecified atom stereocenters. The van der Waals surface area contributed by atoms with Gasteiger partial charge in [-0.05, 0) is 29.8 Å². The van der Waals surface area contributed by atoms with Crippen molar-refractivity contribution in [3.05, 3.63) is 22.1 Å². The molecule has 5 nitrogen and oxygen atoms in total. The first kappa shape index (κ1) is 15.9. The summed E-state index contributed by atoms with van der Waals surface area (Å²) in [5.74, 6) is 1.54. The molecule has 2 heterocycles. The minimum absolute atomic E-state index is 0.0563. The maximum absolute atomic E-state index is 4.66. The number of hydrogen-bond donors (Lipinski definition) is 1. The summed E-state index contributed by atoms with van der Waals surface area (Å²) in [6, 6.07) is 0. The molecule has 0 bridgehead atoms. The number of nitrogens with one attached hydrogen (secondary N) is 1. The van der Waals surface area contributed by atoms with E-state index in [1.54, 1.807) is 0 Å². The summed E-state index contributed by atoms with van der Waals surface area (Å²) >= 11 is 3.54. The highest BCUT2D eigenvalue weighted by Gasteiger charge is 2.25. The van der Waals surface area contributed by atoms with Crippen molar-refractivity contribution in [1.29, 1.82) is 0 Å². The van der Waals surface area contributed by atoms with Gasteiger partial charge in [-0.3, -0.25) is 4.68 Å². The SMILES string of the molecule is CCNc1nc(-c2cn(C)nc2C(C)(C)C)nc(C)c1Br. The molecule has 2 rings (SSSR count). The molecule has 0 saturated carbocycles. The van der Waals surface area contributed by atoms with Crippen molar-refractivity contribution in [2.24, 2.45) is 7.05 Å². The molecule has 0 aliphatic rings. The fourth-order valence-electron chi connectivity index (χ4n) is 2.17. The fraction of sp³-hybridized carbons (Fsp3) is 0.533. The second kappa shape index (κ2) is 5.75. The molecule has 114 valence electrons. The first-order valence-corrected chi connectivity index (χ1v) is 7.85. The van der Waals surface area contributed by atoms with Crippen molar-refractivity contribution >= 4 is 21.7 Å². The van der Waals surface area contributed by atoms with Gasteiger partial charge in [0.1, 0.15) is 5.82 Å². The Kier molecular flexibility index (Phi) is 4.37. The minimum Gasteiger partial charge on any atom is -0.369 e. The average molecular weight is 352 g/mol. The third kappa shape index (κ3) is 3.26. The van der Waals surface area contributed by atoms with Crippen LogP contribution < -0.4 is 5.32 Å². The lowest BCUT2D eigenvalue weighted by Crippen LogP contribution is -2.14. The van der Waals surface area contributed by atoms with Crippen molar-refractivity contribution in [1.82, 2.24) is 19.7 Å². The van der Waals surface area contributed by atoms with Gasteiger partial charge in [-0.15, -0.1) is 0 Å². The van der Waals surface area contributed by atoms with E-state index in [1.165, 1.54) is 0 Å². The third-order valence-electron chi connectivity index (χ3n) is 3.14. The zero-order chi connectivity index (χ0) is 15.8. The molecule has 0 fully saturated rings. The Bertz CT molecular complexity index is 655. The summed E-state index contributed by atoms with van der Waals surface area (Å²) in [6.07, 6.45) is 1.99. The summed E-state index contributed by atoms with van der Waals surface area (Å²) in [5, 5.41) is 7.86. The van der Waals surface area contributed by atoms with Crippen LogP contribution in [0.25, 0.3) is 11.4 Å². The van der Waals surface area contributed by atoms with E-state index in [9.17, 15) is 0 Å². The van der Waals surface area contributed by atoms with Crippen LogP contribution in [-0.4, -0.2) is 26.3 Å². The van der Waals surface area contributed by atoms with Crippen LogP contribution >= 0.6 is 15.9 Å². The molecule has 2 aromatic rings. The maximum Gasteiger partial charge on any atom is 0.165 e. The monoisotopic (exact) mass is 351 g/mol. The highest BCUT2D eigenvalue weighted by atomic mass is 79.9. The zero-order valence-corrected chi connectivity index (χ0v) is 15.0. The second-order valence-electron chi connectivity index (χ2n) is 6.14. The van der Waals surface area contributed by atoms with Crippen LogP contribution in [0.3, 0.4) is 0 Å². The van der Waals surface area contributed by atoms with Gasteiger partial charge >= 0.3 is 0 Å². The van der Waals surface area contributed by atoms with Crippen molar-refractivity contribution in [3.8, 4) is 11.4 Å². The van der Waals surface area contributed by atoms with Gasteiger partial charge in [-0.25, -0.2) is 9.97 Å². The molecular weight excluding hydrogens is 330 g/mol. The number of aryl methyl sites for hydroxylation is 2. The molecule has 0 saturated heterocycles. The molecule has 0 amide bonds. The predicted octanol–water partition coefficient (Wildman–Crippen LogP) is 3.68. The molecule has 6 heteroatoms. The number of rotatable bonds is 3.